The molecule has 0 radical (unpaired) electrons. The van der Waals surface area contributed by atoms with Gasteiger partial charge in [-0.05, 0) is 18.2 Å². The molecule has 0 spiro atoms. The number of anilines is 2. The Bertz CT molecular complexity index is 945. The molecule has 7 nitrogen and oxygen atoms in total. The van der Waals surface area contributed by atoms with Gasteiger partial charge in [-0.2, -0.15) is 5.26 Å². The quantitative estimate of drug-likeness (QED) is 0.722. The number of para-hydroxylation sites is 1. The van der Waals surface area contributed by atoms with Crippen LogP contribution in [0.2, 0.25) is 5.02 Å². The Labute approximate surface area is 162 Å². The SMILES string of the molecule is CN(CC#N)C(=O)Nc1cc(OF)c(C(=O)Nc2c(F)cccc2Cl)cc1F. The number of nitrogens with one attached hydrogen (secondary N) is 2. The third kappa shape index (κ3) is 4.63. The number of halogens is 4. The third-order valence-electron chi connectivity index (χ3n) is 3.49. The van der Waals surface area contributed by atoms with Gasteiger partial charge in [-0.15, -0.1) is 0 Å². The molecule has 0 unspecified atom stereocenters. The van der Waals surface area contributed by atoms with Gasteiger partial charge >= 0.3 is 6.03 Å². The first-order chi connectivity index (χ1) is 13.3. The number of nitriles is 1. The maximum Gasteiger partial charge on any atom is 0.322 e. The highest BCUT2D eigenvalue weighted by Gasteiger charge is 2.21. The lowest BCUT2D eigenvalue weighted by molar-refractivity contribution is -0.00702. The molecule has 0 aliphatic heterocycles. The molecule has 0 aliphatic rings. The molecule has 0 aromatic heterocycles. The van der Waals surface area contributed by atoms with E-state index in [0.717, 1.165) is 17.0 Å². The van der Waals surface area contributed by atoms with E-state index >= 15 is 0 Å². The third-order valence-corrected chi connectivity index (χ3v) is 3.81. The average Bonchev–Trinajstić information content (AvgIpc) is 2.66. The van der Waals surface area contributed by atoms with Crippen molar-refractivity contribution >= 4 is 34.9 Å². The van der Waals surface area contributed by atoms with Gasteiger partial charge in [0.05, 0.1) is 28.0 Å². The highest BCUT2D eigenvalue weighted by Crippen LogP contribution is 2.30. The molecule has 11 heteroatoms. The van der Waals surface area contributed by atoms with Gasteiger partial charge in [-0.25, -0.2) is 13.6 Å². The zero-order valence-corrected chi connectivity index (χ0v) is 15.0. The molecule has 0 saturated heterocycles. The minimum atomic E-state index is -1.10. The number of nitrogens with zero attached hydrogens (tertiary/aromatic N) is 2. The molecule has 3 amide bonds. The maximum absolute atomic E-state index is 14.3. The second-order valence-electron chi connectivity index (χ2n) is 5.40. The van der Waals surface area contributed by atoms with Crippen LogP contribution < -0.4 is 15.6 Å². The number of rotatable bonds is 5. The lowest BCUT2D eigenvalue weighted by Gasteiger charge is -2.16. The van der Waals surface area contributed by atoms with E-state index < -0.39 is 40.6 Å². The van der Waals surface area contributed by atoms with Crippen molar-refractivity contribution in [3.05, 3.63) is 52.6 Å². The Morgan fingerprint density at radius 3 is 2.57 bits per heavy atom. The van der Waals surface area contributed by atoms with Crippen molar-refractivity contribution in [1.29, 1.82) is 5.26 Å². The highest BCUT2D eigenvalue weighted by molar-refractivity contribution is 6.34. The molecular weight excluding hydrogens is 401 g/mol. The van der Waals surface area contributed by atoms with Gasteiger partial charge in [0.1, 0.15) is 18.2 Å². The van der Waals surface area contributed by atoms with Gasteiger partial charge in [0.15, 0.2) is 5.75 Å². The van der Waals surface area contributed by atoms with Crippen LogP contribution in [-0.4, -0.2) is 30.4 Å². The fourth-order valence-electron chi connectivity index (χ4n) is 2.08. The zero-order valence-electron chi connectivity index (χ0n) is 14.2. The lowest BCUT2D eigenvalue weighted by Crippen LogP contribution is -2.31. The summed E-state index contributed by atoms with van der Waals surface area (Å²) in [4.78, 5) is 28.6. The van der Waals surface area contributed by atoms with Crippen LogP contribution in [0.5, 0.6) is 5.75 Å². The van der Waals surface area contributed by atoms with E-state index in [1.54, 1.807) is 6.07 Å². The summed E-state index contributed by atoms with van der Waals surface area (Å²) in [7, 11) is 1.28. The summed E-state index contributed by atoms with van der Waals surface area (Å²) in [5.41, 5.74) is -1.49. The Hall–Kier alpha value is -3.45. The molecule has 2 rings (SSSR count). The van der Waals surface area contributed by atoms with Gasteiger partial charge in [-0.1, -0.05) is 17.7 Å². The zero-order chi connectivity index (χ0) is 20.8. The fourth-order valence-corrected chi connectivity index (χ4v) is 2.29. The fraction of sp³-hybridized carbons (Fsp3) is 0.118. The summed E-state index contributed by atoms with van der Waals surface area (Å²) in [6.07, 6.45) is 0. The molecule has 2 N–H and O–H groups in total. The summed E-state index contributed by atoms with van der Waals surface area (Å²) >= 11 is 5.79. The first-order valence-electron chi connectivity index (χ1n) is 7.55. The number of hydrogen-bond acceptors (Lipinski definition) is 4. The van der Waals surface area contributed by atoms with Gasteiger partial charge in [-0.3, -0.25) is 9.74 Å². The van der Waals surface area contributed by atoms with Gasteiger partial charge in [0, 0.05) is 17.6 Å². The van der Waals surface area contributed by atoms with Crippen molar-refractivity contribution in [2.24, 2.45) is 0 Å². The normalized spacial score (nSPS) is 10.0. The molecule has 0 bridgehead atoms. The van der Waals surface area contributed by atoms with Crippen molar-refractivity contribution in [3.8, 4) is 11.8 Å². The molecule has 2 aromatic carbocycles. The van der Waals surface area contributed by atoms with Crippen molar-refractivity contribution < 1.29 is 27.8 Å². The van der Waals surface area contributed by atoms with Crippen molar-refractivity contribution in [3.63, 3.8) is 0 Å². The van der Waals surface area contributed by atoms with E-state index in [-0.39, 0.29) is 17.3 Å². The number of urea groups is 1. The Morgan fingerprint density at radius 1 is 1.25 bits per heavy atom. The van der Waals surface area contributed by atoms with Crippen molar-refractivity contribution in [2.45, 2.75) is 0 Å². The topological polar surface area (TPSA) is 94.5 Å². The van der Waals surface area contributed by atoms with Crippen LogP contribution in [0.3, 0.4) is 0 Å². The number of carbonyl (C=O) groups is 2. The van der Waals surface area contributed by atoms with Crippen LogP contribution in [0.4, 0.5) is 29.5 Å². The van der Waals surface area contributed by atoms with E-state index in [9.17, 15) is 22.9 Å². The van der Waals surface area contributed by atoms with E-state index in [2.05, 4.69) is 15.6 Å². The molecule has 0 fully saturated rings. The van der Waals surface area contributed by atoms with Crippen LogP contribution in [0.15, 0.2) is 30.3 Å². The van der Waals surface area contributed by atoms with Crippen molar-refractivity contribution in [1.82, 2.24) is 4.90 Å². The molecule has 2 aromatic rings. The monoisotopic (exact) mass is 412 g/mol. The number of amides is 3. The molecule has 0 aliphatic carbocycles. The van der Waals surface area contributed by atoms with Crippen LogP contribution in [0.1, 0.15) is 10.4 Å². The molecule has 0 atom stereocenters. The second-order valence-corrected chi connectivity index (χ2v) is 5.81. The average molecular weight is 413 g/mol. The lowest BCUT2D eigenvalue weighted by atomic mass is 10.1. The number of benzene rings is 2. The van der Waals surface area contributed by atoms with Gasteiger partial charge in [0.2, 0.25) is 0 Å². The van der Waals surface area contributed by atoms with Crippen LogP contribution in [-0.2, 0) is 0 Å². The highest BCUT2D eigenvalue weighted by atomic mass is 35.5. The summed E-state index contributed by atoms with van der Waals surface area (Å²) in [6, 6.07) is 5.85. The molecule has 146 valence electrons. The predicted molar refractivity (Wildman–Crippen MR) is 94.8 cm³/mol. The summed E-state index contributed by atoms with van der Waals surface area (Å²) in [6.45, 7) is -0.274. The minimum Gasteiger partial charge on any atom is -0.318 e. The summed E-state index contributed by atoms with van der Waals surface area (Å²) in [5.74, 6) is -3.78. The predicted octanol–water partition coefficient (Wildman–Crippen LogP) is 4.12. The Morgan fingerprint density at radius 2 is 1.96 bits per heavy atom. The first kappa shape index (κ1) is 20.9. The van der Waals surface area contributed by atoms with Crippen LogP contribution >= 0.6 is 11.6 Å². The molecule has 28 heavy (non-hydrogen) atoms. The van der Waals surface area contributed by atoms with Gasteiger partial charge in [0.25, 0.3) is 5.91 Å². The summed E-state index contributed by atoms with van der Waals surface area (Å²) < 4.78 is 41.0. The Balaban J connectivity index is 2.31. The standard InChI is InChI=1S/C17H12ClF3N4O3/c1-25(6-5-22)17(27)23-13-8-14(28-21)9(7-12(13)20)16(26)24-15-10(18)3-2-4-11(15)19/h2-4,7-8H,6H2,1H3,(H,23,27)(H,24,26). The van der Waals surface area contributed by atoms with E-state index in [4.69, 9.17) is 16.9 Å². The molecular formula is C17H12ClF3N4O3. The van der Waals surface area contributed by atoms with Crippen molar-refractivity contribution in [2.75, 3.05) is 24.2 Å². The maximum atomic E-state index is 14.3. The second kappa shape index (κ2) is 8.96. The molecule has 0 saturated carbocycles. The summed E-state index contributed by atoms with van der Waals surface area (Å²) in [5, 5.41) is 12.6. The Kier molecular flexibility index (Phi) is 6.68. The van der Waals surface area contributed by atoms with Crippen LogP contribution in [0.25, 0.3) is 0 Å². The number of carbonyl (C=O) groups excluding carboxylic acids is 2. The van der Waals surface area contributed by atoms with Crippen LogP contribution in [0, 0.1) is 23.0 Å². The van der Waals surface area contributed by atoms with E-state index in [1.807, 2.05) is 0 Å². The number of hydrogen-bond donors (Lipinski definition) is 2. The largest absolute Gasteiger partial charge is 0.322 e. The first-order valence-corrected chi connectivity index (χ1v) is 7.92. The van der Waals surface area contributed by atoms with E-state index in [1.165, 1.54) is 19.2 Å². The smallest absolute Gasteiger partial charge is 0.318 e. The van der Waals surface area contributed by atoms with Gasteiger partial charge < -0.3 is 15.5 Å². The van der Waals surface area contributed by atoms with E-state index in [0.29, 0.717) is 6.07 Å². The molecule has 0 heterocycles. The minimum absolute atomic E-state index is 0.124.